The zero-order chi connectivity index (χ0) is 18.2. The van der Waals surface area contributed by atoms with Crippen molar-refractivity contribution in [1.29, 1.82) is 0 Å². The molecular weight excluding hydrogens is 332 g/mol. The van der Waals surface area contributed by atoms with Gasteiger partial charge in [-0.05, 0) is 66.0 Å². The monoisotopic (exact) mass is 358 g/mol. The Kier molecular flexibility index (Phi) is 4.92. The first-order chi connectivity index (χ1) is 11.8. The molecule has 0 fully saturated rings. The molecule has 1 heterocycles. The molecule has 4 heteroatoms. The third-order valence-corrected chi connectivity index (χ3v) is 6.00. The molecule has 25 heavy (non-hydrogen) atoms. The number of esters is 1. The Bertz CT molecular complexity index is 769. The predicted molar refractivity (Wildman–Crippen MR) is 102 cm³/mol. The van der Waals surface area contributed by atoms with Crippen LogP contribution in [0.25, 0.3) is 10.4 Å². The minimum atomic E-state index is -0.216. The van der Waals surface area contributed by atoms with Gasteiger partial charge in [0.2, 0.25) is 0 Å². The van der Waals surface area contributed by atoms with Crippen LogP contribution >= 0.6 is 11.3 Å². The van der Waals surface area contributed by atoms with E-state index in [0.29, 0.717) is 12.5 Å². The summed E-state index contributed by atoms with van der Waals surface area (Å²) in [6.07, 6.45) is 3.05. The van der Waals surface area contributed by atoms with Crippen molar-refractivity contribution in [3.8, 4) is 16.2 Å². The lowest BCUT2D eigenvalue weighted by molar-refractivity contribution is 0.0458. The van der Waals surface area contributed by atoms with Gasteiger partial charge in [0.15, 0.2) is 0 Å². The standard InChI is InChI=1S/C21H26O3S/c1-13(2)12-24-20(23)18-16-11-21(3,4)10-9-17(16)25-19(18)14-5-7-15(22)8-6-14/h5-8,13,22H,9-12H2,1-4H3. The van der Waals surface area contributed by atoms with Crippen LogP contribution in [0.4, 0.5) is 0 Å². The van der Waals surface area contributed by atoms with Crippen LogP contribution in [-0.2, 0) is 17.6 Å². The molecule has 0 saturated carbocycles. The number of phenolic OH excluding ortho intramolecular Hbond substituents is 1. The van der Waals surface area contributed by atoms with Gasteiger partial charge in [-0.25, -0.2) is 4.79 Å². The number of hydrogen-bond donors (Lipinski definition) is 1. The number of aryl methyl sites for hydroxylation is 1. The smallest absolute Gasteiger partial charge is 0.339 e. The van der Waals surface area contributed by atoms with Gasteiger partial charge >= 0.3 is 5.97 Å². The SMILES string of the molecule is CC(C)COC(=O)c1c(-c2ccc(O)cc2)sc2c1CC(C)(C)CC2. The van der Waals surface area contributed by atoms with E-state index in [4.69, 9.17) is 4.74 Å². The molecule has 0 aliphatic heterocycles. The fourth-order valence-electron chi connectivity index (χ4n) is 3.27. The topological polar surface area (TPSA) is 46.5 Å². The molecule has 134 valence electrons. The summed E-state index contributed by atoms with van der Waals surface area (Å²) in [5.41, 5.74) is 3.07. The fraction of sp³-hybridized carbons (Fsp3) is 0.476. The molecule has 1 aliphatic carbocycles. The number of aromatic hydroxyl groups is 1. The largest absolute Gasteiger partial charge is 0.508 e. The van der Waals surface area contributed by atoms with E-state index in [1.807, 2.05) is 26.0 Å². The summed E-state index contributed by atoms with van der Waals surface area (Å²) in [5, 5.41) is 9.57. The number of ether oxygens (including phenoxy) is 1. The number of carbonyl (C=O) groups excluding carboxylic acids is 1. The quantitative estimate of drug-likeness (QED) is 0.739. The highest BCUT2D eigenvalue weighted by molar-refractivity contribution is 7.16. The van der Waals surface area contributed by atoms with Crippen LogP contribution in [0.15, 0.2) is 24.3 Å². The highest BCUT2D eigenvalue weighted by atomic mass is 32.1. The van der Waals surface area contributed by atoms with Crippen molar-refractivity contribution in [2.75, 3.05) is 6.61 Å². The van der Waals surface area contributed by atoms with Crippen molar-refractivity contribution >= 4 is 17.3 Å². The van der Waals surface area contributed by atoms with Crippen molar-refractivity contribution < 1.29 is 14.6 Å². The van der Waals surface area contributed by atoms with Gasteiger partial charge in [0.05, 0.1) is 12.2 Å². The second kappa shape index (κ2) is 6.83. The summed E-state index contributed by atoms with van der Waals surface area (Å²) in [4.78, 5) is 15.2. The molecule has 1 N–H and O–H groups in total. The molecule has 3 nitrogen and oxygen atoms in total. The molecule has 1 aromatic carbocycles. The van der Waals surface area contributed by atoms with Crippen molar-refractivity contribution in [2.45, 2.75) is 47.0 Å². The van der Waals surface area contributed by atoms with E-state index >= 15 is 0 Å². The third kappa shape index (κ3) is 3.90. The van der Waals surface area contributed by atoms with E-state index in [1.54, 1.807) is 23.5 Å². The highest BCUT2D eigenvalue weighted by Gasteiger charge is 2.33. The molecule has 1 aromatic heterocycles. The molecule has 0 unspecified atom stereocenters. The molecular formula is C21H26O3S. The number of hydrogen-bond acceptors (Lipinski definition) is 4. The maximum absolute atomic E-state index is 12.9. The van der Waals surface area contributed by atoms with Crippen LogP contribution in [-0.4, -0.2) is 17.7 Å². The molecule has 0 saturated heterocycles. The second-order valence-electron chi connectivity index (χ2n) is 8.09. The second-order valence-corrected chi connectivity index (χ2v) is 9.19. The van der Waals surface area contributed by atoms with E-state index in [1.165, 1.54) is 4.88 Å². The van der Waals surface area contributed by atoms with Gasteiger partial charge in [-0.2, -0.15) is 0 Å². The van der Waals surface area contributed by atoms with Gasteiger partial charge in [0.25, 0.3) is 0 Å². The van der Waals surface area contributed by atoms with E-state index in [0.717, 1.165) is 40.8 Å². The summed E-state index contributed by atoms with van der Waals surface area (Å²) in [6.45, 7) is 9.04. The number of benzene rings is 1. The molecule has 0 spiro atoms. The number of carbonyl (C=O) groups is 1. The molecule has 3 rings (SSSR count). The van der Waals surface area contributed by atoms with E-state index < -0.39 is 0 Å². The molecule has 0 amide bonds. The van der Waals surface area contributed by atoms with Gasteiger partial charge < -0.3 is 9.84 Å². The minimum Gasteiger partial charge on any atom is -0.508 e. The number of rotatable bonds is 4. The van der Waals surface area contributed by atoms with E-state index in [9.17, 15) is 9.90 Å². The van der Waals surface area contributed by atoms with Crippen LogP contribution < -0.4 is 0 Å². The first-order valence-corrected chi connectivity index (χ1v) is 9.69. The predicted octanol–water partition coefficient (Wildman–Crippen LogP) is 5.45. The zero-order valence-corrected chi connectivity index (χ0v) is 16.2. The van der Waals surface area contributed by atoms with Gasteiger partial charge in [0.1, 0.15) is 5.75 Å². The summed E-state index contributed by atoms with van der Waals surface area (Å²) >= 11 is 1.70. The van der Waals surface area contributed by atoms with E-state index in [-0.39, 0.29) is 17.1 Å². The van der Waals surface area contributed by atoms with Crippen LogP contribution in [0.2, 0.25) is 0 Å². The molecule has 2 aromatic rings. The Morgan fingerprint density at radius 1 is 1.28 bits per heavy atom. The number of thiophene rings is 1. The number of fused-ring (bicyclic) bond motifs is 1. The van der Waals surface area contributed by atoms with Crippen molar-refractivity contribution in [1.82, 2.24) is 0 Å². The van der Waals surface area contributed by atoms with Crippen LogP contribution in [0.5, 0.6) is 5.75 Å². The lowest BCUT2D eigenvalue weighted by Gasteiger charge is -2.29. The zero-order valence-electron chi connectivity index (χ0n) is 15.4. The van der Waals surface area contributed by atoms with Crippen molar-refractivity contribution in [3.63, 3.8) is 0 Å². The Hall–Kier alpha value is -1.81. The molecule has 1 aliphatic rings. The minimum absolute atomic E-state index is 0.202. The third-order valence-electron chi connectivity index (χ3n) is 4.66. The van der Waals surface area contributed by atoms with Crippen LogP contribution in [0, 0.1) is 11.3 Å². The van der Waals surface area contributed by atoms with Crippen LogP contribution in [0.3, 0.4) is 0 Å². The van der Waals surface area contributed by atoms with Gasteiger partial charge in [-0.15, -0.1) is 11.3 Å². The summed E-state index contributed by atoms with van der Waals surface area (Å²) in [6, 6.07) is 7.08. The fourth-order valence-corrected chi connectivity index (χ4v) is 4.58. The highest BCUT2D eigenvalue weighted by Crippen LogP contribution is 2.45. The molecule has 0 radical (unpaired) electrons. The normalized spacial score (nSPS) is 15.9. The maximum Gasteiger partial charge on any atom is 0.339 e. The number of phenols is 1. The Morgan fingerprint density at radius 2 is 1.96 bits per heavy atom. The van der Waals surface area contributed by atoms with Gasteiger partial charge in [-0.3, -0.25) is 0 Å². The van der Waals surface area contributed by atoms with E-state index in [2.05, 4.69) is 13.8 Å². The lowest BCUT2D eigenvalue weighted by Crippen LogP contribution is -2.23. The lowest BCUT2D eigenvalue weighted by atomic mass is 9.76. The Labute approximate surface area is 153 Å². The summed E-state index contributed by atoms with van der Waals surface area (Å²) in [5.74, 6) is 0.328. The molecule has 0 bridgehead atoms. The van der Waals surface area contributed by atoms with Gasteiger partial charge in [-0.1, -0.05) is 27.7 Å². The summed E-state index contributed by atoms with van der Waals surface area (Å²) < 4.78 is 5.59. The van der Waals surface area contributed by atoms with Gasteiger partial charge in [0, 0.05) is 9.75 Å². The van der Waals surface area contributed by atoms with Crippen molar-refractivity contribution in [3.05, 3.63) is 40.3 Å². The van der Waals surface area contributed by atoms with Crippen molar-refractivity contribution in [2.24, 2.45) is 11.3 Å². The average molecular weight is 359 g/mol. The van der Waals surface area contributed by atoms with Crippen LogP contribution in [0.1, 0.15) is 54.9 Å². The summed E-state index contributed by atoms with van der Waals surface area (Å²) in [7, 11) is 0. The maximum atomic E-state index is 12.9. The first kappa shape index (κ1) is 18.0. The first-order valence-electron chi connectivity index (χ1n) is 8.88. The molecule has 0 atom stereocenters. The Balaban J connectivity index is 2.06. The average Bonchev–Trinajstić information content (AvgIpc) is 2.90. The Morgan fingerprint density at radius 3 is 2.60 bits per heavy atom.